The van der Waals surface area contributed by atoms with E-state index in [2.05, 4.69) is 41.4 Å². The monoisotopic (exact) mass is 343 g/mol. The van der Waals surface area contributed by atoms with Crippen LogP contribution in [0.15, 0.2) is 21.9 Å². The summed E-state index contributed by atoms with van der Waals surface area (Å²) in [4.78, 5) is 0. The van der Waals surface area contributed by atoms with E-state index in [-0.39, 0.29) is 0 Å². The van der Waals surface area contributed by atoms with Crippen LogP contribution in [0, 0.1) is 6.92 Å². The van der Waals surface area contributed by atoms with Crippen molar-refractivity contribution >= 4 is 12.2 Å². The van der Waals surface area contributed by atoms with Gasteiger partial charge in [0.05, 0.1) is 11.9 Å². The molecule has 4 heteroatoms. The van der Waals surface area contributed by atoms with Gasteiger partial charge in [-0.2, -0.15) is 5.10 Å². The number of rotatable bonds is 0. The summed E-state index contributed by atoms with van der Waals surface area (Å²) >= 11 is 0. The molecule has 0 aromatic carbocycles. The van der Waals surface area contributed by atoms with Crippen molar-refractivity contribution in [3.63, 3.8) is 0 Å². The van der Waals surface area contributed by atoms with Crippen LogP contribution in [0.2, 0.25) is 0 Å². The number of H-pyrrole nitrogens is 1. The highest BCUT2D eigenvalue weighted by Gasteiger charge is 2.14. The first-order valence-corrected chi connectivity index (χ1v) is 9.45. The highest BCUT2D eigenvalue weighted by molar-refractivity contribution is 5.58. The summed E-state index contributed by atoms with van der Waals surface area (Å²) in [5.74, 6) is 1.05. The standard InChI is InChI=1S/C9H11NO.C8H10N2.2C2H6/c1-6-3-4-9-8(5-6)7(2)10-11-9;1-6-2-3-8-7(4-6)5-9-10-8;2*1-2/h5H,3-4H2,1-2H3;4-5H,2-3H2,1H3,(H,9,10);2*1-2H3. The van der Waals surface area contributed by atoms with Crippen molar-refractivity contribution < 1.29 is 4.52 Å². The second-order valence-electron chi connectivity index (χ2n) is 5.89. The van der Waals surface area contributed by atoms with E-state index in [1.54, 1.807) is 0 Å². The fourth-order valence-corrected chi connectivity index (χ4v) is 2.72. The first-order valence-electron chi connectivity index (χ1n) is 9.45. The quantitative estimate of drug-likeness (QED) is 0.624. The number of hydrogen-bond donors (Lipinski definition) is 1. The van der Waals surface area contributed by atoms with E-state index in [1.165, 1.54) is 34.4 Å². The molecule has 0 aliphatic heterocycles. The largest absolute Gasteiger partial charge is 0.360 e. The molecule has 2 aromatic rings. The average molecular weight is 344 g/mol. The lowest BCUT2D eigenvalue weighted by Gasteiger charge is -2.06. The highest BCUT2D eigenvalue weighted by Crippen LogP contribution is 2.25. The minimum atomic E-state index is 1.01. The molecule has 2 aromatic heterocycles. The van der Waals surface area contributed by atoms with Gasteiger partial charge >= 0.3 is 0 Å². The molecule has 2 aliphatic rings. The molecule has 138 valence electrons. The molecule has 0 unspecified atom stereocenters. The zero-order valence-corrected chi connectivity index (χ0v) is 16.9. The molecule has 0 amide bonds. The fraction of sp³-hybridized carbons (Fsp3) is 0.524. The van der Waals surface area contributed by atoms with Crippen LogP contribution in [0.3, 0.4) is 0 Å². The lowest BCUT2D eigenvalue weighted by molar-refractivity contribution is 0.378. The molecular weight excluding hydrogens is 310 g/mol. The Bertz CT molecular complexity index is 705. The predicted molar refractivity (Wildman–Crippen MR) is 106 cm³/mol. The number of fused-ring (bicyclic) bond motifs is 2. The minimum absolute atomic E-state index is 1.01. The van der Waals surface area contributed by atoms with E-state index < -0.39 is 0 Å². The summed E-state index contributed by atoms with van der Waals surface area (Å²) in [7, 11) is 0. The molecule has 2 heterocycles. The van der Waals surface area contributed by atoms with Gasteiger partial charge in [0.1, 0.15) is 5.76 Å². The number of aromatic nitrogens is 3. The van der Waals surface area contributed by atoms with Crippen LogP contribution in [0.4, 0.5) is 0 Å². The van der Waals surface area contributed by atoms with E-state index in [9.17, 15) is 0 Å². The molecule has 0 fully saturated rings. The molecule has 25 heavy (non-hydrogen) atoms. The van der Waals surface area contributed by atoms with Crippen LogP contribution >= 0.6 is 0 Å². The third kappa shape index (κ3) is 5.73. The molecule has 4 nitrogen and oxygen atoms in total. The summed E-state index contributed by atoms with van der Waals surface area (Å²) in [5, 5.41) is 10.9. The molecule has 0 saturated carbocycles. The molecule has 0 radical (unpaired) electrons. The highest BCUT2D eigenvalue weighted by atomic mass is 16.5. The number of hydrogen-bond acceptors (Lipinski definition) is 3. The van der Waals surface area contributed by atoms with E-state index in [0.717, 1.165) is 30.7 Å². The van der Waals surface area contributed by atoms with Crippen molar-refractivity contribution in [2.24, 2.45) is 0 Å². The van der Waals surface area contributed by atoms with E-state index >= 15 is 0 Å². The van der Waals surface area contributed by atoms with Gasteiger partial charge in [0.25, 0.3) is 0 Å². The molecular formula is C21H33N3O. The summed E-state index contributed by atoms with van der Waals surface area (Å²) in [6.45, 7) is 14.3. The third-order valence-electron chi connectivity index (χ3n) is 4.04. The summed E-state index contributed by atoms with van der Waals surface area (Å²) < 4.78 is 5.14. The van der Waals surface area contributed by atoms with Gasteiger partial charge in [0, 0.05) is 23.2 Å². The van der Waals surface area contributed by atoms with E-state index in [0.29, 0.717) is 0 Å². The Hall–Kier alpha value is -2.10. The van der Waals surface area contributed by atoms with Crippen LogP contribution in [0.25, 0.3) is 12.2 Å². The zero-order chi connectivity index (χ0) is 18.8. The van der Waals surface area contributed by atoms with Crippen molar-refractivity contribution in [2.75, 3.05) is 0 Å². The van der Waals surface area contributed by atoms with Gasteiger partial charge in [0.15, 0.2) is 0 Å². The Morgan fingerprint density at radius 3 is 2.24 bits per heavy atom. The number of allylic oxidation sites excluding steroid dienone is 2. The number of nitrogens with one attached hydrogen (secondary N) is 1. The maximum atomic E-state index is 5.14. The molecule has 4 rings (SSSR count). The van der Waals surface area contributed by atoms with Gasteiger partial charge in [-0.15, -0.1) is 0 Å². The van der Waals surface area contributed by atoms with Crippen LogP contribution < -0.4 is 0 Å². The first-order chi connectivity index (χ1) is 12.1. The fourth-order valence-electron chi connectivity index (χ4n) is 2.72. The smallest absolute Gasteiger partial charge is 0.144 e. The Balaban J connectivity index is 0.000000210. The topological polar surface area (TPSA) is 54.7 Å². The Morgan fingerprint density at radius 2 is 1.52 bits per heavy atom. The van der Waals surface area contributed by atoms with Crippen molar-refractivity contribution in [3.8, 4) is 0 Å². The second kappa shape index (κ2) is 10.7. The van der Waals surface area contributed by atoms with Gasteiger partial charge in [0.2, 0.25) is 0 Å². The lowest BCUT2D eigenvalue weighted by atomic mass is 9.98. The van der Waals surface area contributed by atoms with Crippen LogP contribution in [0.5, 0.6) is 0 Å². The molecule has 0 saturated heterocycles. The van der Waals surface area contributed by atoms with Gasteiger partial charge in [-0.1, -0.05) is 56.1 Å². The predicted octanol–water partition coefficient (Wildman–Crippen LogP) is 6.14. The second-order valence-corrected chi connectivity index (χ2v) is 5.89. The number of aromatic amines is 1. The average Bonchev–Trinajstić information content (AvgIpc) is 3.25. The summed E-state index contributed by atoms with van der Waals surface area (Å²) in [6, 6.07) is 0. The molecule has 0 bridgehead atoms. The minimum Gasteiger partial charge on any atom is -0.360 e. The molecule has 1 N–H and O–H groups in total. The lowest BCUT2D eigenvalue weighted by Crippen LogP contribution is -1.94. The van der Waals surface area contributed by atoms with Gasteiger partial charge in [-0.05, 0) is 40.0 Å². The Morgan fingerprint density at radius 1 is 0.880 bits per heavy atom. The summed E-state index contributed by atoms with van der Waals surface area (Å²) in [5.41, 5.74) is 7.64. The molecule has 2 aliphatic carbocycles. The van der Waals surface area contributed by atoms with Crippen molar-refractivity contribution in [3.05, 3.63) is 45.6 Å². The van der Waals surface area contributed by atoms with E-state index in [4.69, 9.17) is 4.52 Å². The van der Waals surface area contributed by atoms with Crippen molar-refractivity contribution in [1.29, 1.82) is 0 Å². The zero-order valence-electron chi connectivity index (χ0n) is 16.9. The SMILES string of the molecule is CC.CC.CC1=Cc2c(C)noc2CC1.CC1=Cc2cn[nH]c2CC1. The Kier molecular flexibility index (Phi) is 8.96. The van der Waals surface area contributed by atoms with Gasteiger partial charge in [-0.25, -0.2) is 0 Å². The first kappa shape index (κ1) is 20.9. The molecule has 0 spiro atoms. The van der Waals surface area contributed by atoms with Crippen molar-refractivity contribution in [1.82, 2.24) is 15.4 Å². The number of nitrogens with zero attached hydrogens (tertiary/aromatic N) is 2. The van der Waals surface area contributed by atoms with Crippen LogP contribution in [-0.4, -0.2) is 15.4 Å². The maximum Gasteiger partial charge on any atom is 0.144 e. The van der Waals surface area contributed by atoms with E-state index in [1.807, 2.05) is 40.8 Å². The van der Waals surface area contributed by atoms with Gasteiger partial charge in [-0.3, -0.25) is 5.10 Å². The maximum absolute atomic E-state index is 5.14. The van der Waals surface area contributed by atoms with Crippen LogP contribution in [-0.2, 0) is 12.8 Å². The Labute approximate surface area is 152 Å². The molecule has 0 atom stereocenters. The van der Waals surface area contributed by atoms with Gasteiger partial charge < -0.3 is 4.52 Å². The normalized spacial score (nSPS) is 14.0. The van der Waals surface area contributed by atoms with Crippen LogP contribution in [0.1, 0.15) is 82.7 Å². The third-order valence-corrected chi connectivity index (χ3v) is 4.04. The summed E-state index contributed by atoms with van der Waals surface area (Å²) in [6.07, 6.45) is 10.7. The number of aryl methyl sites for hydroxylation is 3. The van der Waals surface area contributed by atoms with Crippen molar-refractivity contribution in [2.45, 2.75) is 74.1 Å².